The molecule has 0 spiro atoms. The summed E-state index contributed by atoms with van der Waals surface area (Å²) in [7, 11) is 0. The molecule has 2 rings (SSSR count). The molecule has 3 heteroatoms. The van der Waals surface area contributed by atoms with Crippen molar-refractivity contribution in [2.75, 3.05) is 0 Å². The lowest BCUT2D eigenvalue weighted by Crippen LogP contribution is -2.25. The number of hydrogen-bond donors (Lipinski definition) is 1. The van der Waals surface area contributed by atoms with Crippen LogP contribution in [0.25, 0.3) is 0 Å². The first-order chi connectivity index (χ1) is 8.43. The smallest absolute Gasteiger partial charge is 0.224 e. The molecule has 1 heterocycles. The van der Waals surface area contributed by atoms with Gasteiger partial charge in [0.1, 0.15) is 0 Å². The van der Waals surface area contributed by atoms with Crippen molar-refractivity contribution in [1.82, 2.24) is 5.32 Å². The van der Waals surface area contributed by atoms with Gasteiger partial charge in [0.2, 0.25) is 5.91 Å². The van der Waals surface area contributed by atoms with Crippen LogP contribution in [0, 0.1) is 17.3 Å². The number of carbonyl (C=O) groups is 1. The van der Waals surface area contributed by atoms with Crippen molar-refractivity contribution in [1.29, 1.82) is 0 Å². The molecule has 0 bridgehead atoms. The lowest BCUT2D eigenvalue weighted by molar-refractivity contribution is -0.123. The van der Waals surface area contributed by atoms with E-state index in [4.69, 9.17) is 0 Å². The maximum atomic E-state index is 12.2. The molecule has 0 saturated heterocycles. The standard InChI is InChI=1S/C15H21NOS/c1-10(2)8-12-13(15(12,3)4)14(17)16-9-11-6-5-7-18-11/h5-8,12-13H,9H2,1-4H3,(H,16,17). The quantitative estimate of drug-likeness (QED) is 0.826. The Labute approximate surface area is 113 Å². The van der Waals surface area contributed by atoms with E-state index in [0.29, 0.717) is 12.5 Å². The van der Waals surface area contributed by atoms with E-state index in [0.717, 1.165) is 0 Å². The van der Waals surface area contributed by atoms with E-state index < -0.39 is 0 Å². The van der Waals surface area contributed by atoms with Gasteiger partial charge >= 0.3 is 0 Å². The fourth-order valence-electron chi connectivity index (χ4n) is 2.55. The summed E-state index contributed by atoms with van der Waals surface area (Å²) in [6.45, 7) is 9.19. The zero-order valence-electron chi connectivity index (χ0n) is 11.5. The second-order valence-electron chi connectivity index (χ2n) is 5.87. The molecule has 0 radical (unpaired) electrons. The van der Waals surface area contributed by atoms with Gasteiger partial charge in [-0.1, -0.05) is 31.6 Å². The zero-order chi connectivity index (χ0) is 13.3. The molecule has 1 N–H and O–H groups in total. The van der Waals surface area contributed by atoms with Crippen LogP contribution < -0.4 is 5.32 Å². The fraction of sp³-hybridized carbons (Fsp3) is 0.533. The van der Waals surface area contributed by atoms with Crippen molar-refractivity contribution in [2.24, 2.45) is 17.3 Å². The molecule has 1 saturated carbocycles. The highest BCUT2D eigenvalue weighted by atomic mass is 32.1. The number of nitrogens with one attached hydrogen (secondary N) is 1. The van der Waals surface area contributed by atoms with Crippen LogP contribution in [0.4, 0.5) is 0 Å². The van der Waals surface area contributed by atoms with Crippen LogP contribution >= 0.6 is 11.3 Å². The van der Waals surface area contributed by atoms with Gasteiger partial charge in [-0.2, -0.15) is 0 Å². The summed E-state index contributed by atoms with van der Waals surface area (Å²) in [6, 6.07) is 4.07. The lowest BCUT2D eigenvalue weighted by Gasteiger charge is -2.04. The van der Waals surface area contributed by atoms with Crippen LogP contribution in [0.1, 0.15) is 32.6 Å². The van der Waals surface area contributed by atoms with Crippen molar-refractivity contribution in [2.45, 2.75) is 34.2 Å². The van der Waals surface area contributed by atoms with Crippen molar-refractivity contribution in [3.8, 4) is 0 Å². The molecule has 1 aliphatic carbocycles. The molecule has 18 heavy (non-hydrogen) atoms. The average Bonchev–Trinajstić information content (AvgIpc) is 2.70. The third kappa shape index (κ3) is 2.66. The minimum Gasteiger partial charge on any atom is -0.351 e. The average molecular weight is 263 g/mol. The fourth-order valence-corrected chi connectivity index (χ4v) is 3.19. The van der Waals surface area contributed by atoms with Crippen LogP contribution in [0.15, 0.2) is 29.2 Å². The van der Waals surface area contributed by atoms with E-state index in [1.165, 1.54) is 10.5 Å². The van der Waals surface area contributed by atoms with Gasteiger partial charge in [0.05, 0.1) is 12.5 Å². The van der Waals surface area contributed by atoms with Crippen LogP contribution in [-0.4, -0.2) is 5.91 Å². The van der Waals surface area contributed by atoms with Crippen LogP contribution in [-0.2, 0) is 11.3 Å². The number of rotatable bonds is 4. The topological polar surface area (TPSA) is 29.1 Å². The summed E-state index contributed by atoms with van der Waals surface area (Å²) < 4.78 is 0. The minimum atomic E-state index is 0.108. The van der Waals surface area contributed by atoms with Crippen molar-refractivity contribution in [3.05, 3.63) is 34.0 Å². The van der Waals surface area contributed by atoms with Gasteiger partial charge in [0.15, 0.2) is 0 Å². The van der Waals surface area contributed by atoms with Gasteiger partial charge in [0.25, 0.3) is 0 Å². The molecule has 0 aromatic carbocycles. The van der Waals surface area contributed by atoms with Crippen molar-refractivity contribution < 1.29 is 4.79 Å². The molecule has 98 valence electrons. The first-order valence-corrected chi connectivity index (χ1v) is 7.26. The third-order valence-corrected chi connectivity index (χ3v) is 4.60. The molecular weight excluding hydrogens is 242 g/mol. The molecule has 1 amide bonds. The monoisotopic (exact) mass is 263 g/mol. The molecule has 2 nitrogen and oxygen atoms in total. The van der Waals surface area contributed by atoms with Gasteiger partial charge in [-0.3, -0.25) is 4.79 Å². The highest BCUT2D eigenvalue weighted by Gasteiger charge is 2.60. The third-order valence-electron chi connectivity index (χ3n) is 3.72. The minimum absolute atomic E-state index is 0.108. The van der Waals surface area contributed by atoms with Crippen molar-refractivity contribution >= 4 is 17.2 Å². The summed E-state index contributed by atoms with van der Waals surface area (Å²) in [5.41, 5.74) is 1.40. The second-order valence-corrected chi connectivity index (χ2v) is 6.90. The highest BCUT2D eigenvalue weighted by Crippen LogP contribution is 2.59. The molecule has 2 atom stereocenters. The van der Waals surface area contributed by atoms with E-state index in [1.807, 2.05) is 11.4 Å². The molecule has 1 aromatic heterocycles. The van der Waals surface area contributed by atoms with Crippen LogP contribution in [0.5, 0.6) is 0 Å². The Kier molecular flexibility index (Phi) is 3.62. The Balaban J connectivity index is 1.92. The Morgan fingerprint density at radius 3 is 2.78 bits per heavy atom. The largest absolute Gasteiger partial charge is 0.351 e. The first-order valence-electron chi connectivity index (χ1n) is 6.38. The summed E-state index contributed by atoms with van der Waals surface area (Å²) in [5.74, 6) is 0.717. The Morgan fingerprint density at radius 2 is 2.22 bits per heavy atom. The van der Waals surface area contributed by atoms with E-state index in [2.05, 4.69) is 45.2 Å². The summed E-state index contributed by atoms with van der Waals surface area (Å²) in [5, 5.41) is 5.08. The number of amides is 1. The SMILES string of the molecule is CC(C)=CC1C(C(=O)NCc2cccs2)C1(C)C. The van der Waals surface area contributed by atoms with E-state index in [1.54, 1.807) is 11.3 Å². The van der Waals surface area contributed by atoms with Gasteiger partial charge in [-0.25, -0.2) is 0 Å². The zero-order valence-corrected chi connectivity index (χ0v) is 12.3. The maximum Gasteiger partial charge on any atom is 0.224 e. The Bertz CT molecular complexity index is 455. The molecule has 2 unspecified atom stereocenters. The Hall–Kier alpha value is -1.09. The number of hydrogen-bond acceptors (Lipinski definition) is 2. The second kappa shape index (κ2) is 4.88. The van der Waals surface area contributed by atoms with Crippen LogP contribution in [0.2, 0.25) is 0 Å². The van der Waals surface area contributed by atoms with Gasteiger partial charge in [0, 0.05) is 4.88 Å². The maximum absolute atomic E-state index is 12.2. The first kappa shape index (κ1) is 13.3. The summed E-state index contributed by atoms with van der Waals surface area (Å²) in [4.78, 5) is 13.4. The molecule has 0 aliphatic heterocycles. The van der Waals surface area contributed by atoms with Gasteiger partial charge < -0.3 is 5.32 Å². The Morgan fingerprint density at radius 1 is 1.50 bits per heavy atom. The lowest BCUT2D eigenvalue weighted by atomic mass is 10.1. The summed E-state index contributed by atoms with van der Waals surface area (Å²) >= 11 is 1.68. The normalized spacial score (nSPS) is 24.4. The highest BCUT2D eigenvalue weighted by molar-refractivity contribution is 7.09. The molecular formula is C15H21NOS. The number of thiophene rings is 1. The molecule has 1 fully saturated rings. The van der Waals surface area contributed by atoms with E-state index in [9.17, 15) is 4.79 Å². The van der Waals surface area contributed by atoms with Gasteiger partial charge in [-0.15, -0.1) is 11.3 Å². The van der Waals surface area contributed by atoms with E-state index >= 15 is 0 Å². The predicted molar refractivity (Wildman–Crippen MR) is 76.4 cm³/mol. The predicted octanol–water partition coefficient (Wildman–Crippen LogP) is 3.60. The van der Waals surface area contributed by atoms with Crippen LogP contribution in [0.3, 0.4) is 0 Å². The van der Waals surface area contributed by atoms with Gasteiger partial charge in [-0.05, 0) is 36.6 Å². The summed E-state index contributed by atoms with van der Waals surface area (Å²) in [6.07, 6.45) is 2.23. The molecule has 1 aromatic rings. The van der Waals surface area contributed by atoms with E-state index in [-0.39, 0.29) is 17.2 Å². The number of carbonyl (C=O) groups excluding carboxylic acids is 1. The molecule has 1 aliphatic rings. The van der Waals surface area contributed by atoms with Crippen molar-refractivity contribution in [3.63, 3.8) is 0 Å². The number of allylic oxidation sites excluding steroid dienone is 2.